The number of carbonyl (C=O) groups excluding carboxylic acids is 1. The molecule has 40 heavy (non-hydrogen) atoms. The second kappa shape index (κ2) is 13.2. The Balaban J connectivity index is 1.11. The van der Waals surface area contributed by atoms with Gasteiger partial charge in [-0.2, -0.15) is 0 Å². The Hall–Kier alpha value is -4.20. The molecule has 1 fully saturated rings. The SMILES string of the molecule is O=C(Cn1cc(Nc2ncnc3cc(OCCCN4CCN(CCO)CC4)ccc23)nn1)Nc1cccc(F)c1. The van der Waals surface area contributed by atoms with E-state index in [0.29, 0.717) is 23.9 Å². The van der Waals surface area contributed by atoms with Crippen LogP contribution in [0.25, 0.3) is 10.9 Å². The highest BCUT2D eigenvalue weighted by Gasteiger charge is 2.16. The van der Waals surface area contributed by atoms with Gasteiger partial charge in [0, 0.05) is 56.4 Å². The van der Waals surface area contributed by atoms with Crippen molar-refractivity contribution in [2.45, 2.75) is 13.0 Å². The molecule has 3 N–H and O–H groups in total. The summed E-state index contributed by atoms with van der Waals surface area (Å²) in [7, 11) is 0. The van der Waals surface area contributed by atoms with Crippen LogP contribution < -0.4 is 15.4 Å². The van der Waals surface area contributed by atoms with E-state index in [0.717, 1.165) is 62.3 Å². The minimum Gasteiger partial charge on any atom is -0.493 e. The predicted molar refractivity (Wildman–Crippen MR) is 148 cm³/mol. The van der Waals surface area contributed by atoms with E-state index in [1.807, 2.05) is 18.2 Å². The maximum atomic E-state index is 13.3. The lowest BCUT2D eigenvalue weighted by molar-refractivity contribution is -0.116. The molecule has 3 heterocycles. The Morgan fingerprint density at radius 2 is 1.88 bits per heavy atom. The summed E-state index contributed by atoms with van der Waals surface area (Å²) in [6.45, 7) is 6.46. The van der Waals surface area contributed by atoms with Gasteiger partial charge < -0.3 is 25.4 Å². The second-order valence-corrected chi connectivity index (χ2v) is 9.50. The van der Waals surface area contributed by atoms with Gasteiger partial charge in [0.2, 0.25) is 5.91 Å². The number of aromatic nitrogens is 5. The van der Waals surface area contributed by atoms with Gasteiger partial charge in [0.1, 0.15) is 30.3 Å². The van der Waals surface area contributed by atoms with Gasteiger partial charge in [-0.05, 0) is 36.8 Å². The molecule has 13 heteroatoms. The molecule has 4 aromatic rings. The number of carbonyl (C=O) groups is 1. The fourth-order valence-electron chi connectivity index (χ4n) is 4.55. The maximum Gasteiger partial charge on any atom is 0.246 e. The normalized spacial score (nSPS) is 14.3. The summed E-state index contributed by atoms with van der Waals surface area (Å²) in [5.41, 5.74) is 1.09. The van der Waals surface area contributed by atoms with Gasteiger partial charge in [-0.3, -0.25) is 9.69 Å². The van der Waals surface area contributed by atoms with Gasteiger partial charge in [-0.1, -0.05) is 11.3 Å². The van der Waals surface area contributed by atoms with Crippen LogP contribution in [-0.4, -0.2) is 98.3 Å². The smallest absolute Gasteiger partial charge is 0.246 e. The summed E-state index contributed by atoms with van der Waals surface area (Å²) < 4.78 is 20.7. The first-order valence-electron chi connectivity index (χ1n) is 13.2. The van der Waals surface area contributed by atoms with E-state index >= 15 is 0 Å². The lowest BCUT2D eigenvalue weighted by Gasteiger charge is -2.34. The molecule has 1 saturated heterocycles. The molecule has 12 nitrogen and oxygen atoms in total. The number of rotatable bonds is 12. The number of amides is 1. The molecule has 210 valence electrons. The summed E-state index contributed by atoms with van der Waals surface area (Å²) in [6.07, 6.45) is 3.97. The number of aliphatic hydroxyl groups is 1. The minimum atomic E-state index is -0.429. The number of hydrogen-bond donors (Lipinski definition) is 3. The molecule has 1 aliphatic heterocycles. The number of anilines is 3. The van der Waals surface area contributed by atoms with Crippen LogP contribution in [0.15, 0.2) is 55.0 Å². The van der Waals surface area contributed by atoms with E-state index in [1.54, 1.807) is 12.3 Å². The number of nitrogens with zero attached hydrogens (tertiary/aromatic N) is 7. The molecule has 1 aliphatic rings. The summed E-state index contributed by atoms with van der Waals surface area (Å²) in [6, 6.07) is 11.3. The zero-order chi connectivity index (χ0) is 27.7. The summed E-state index contributed by atoms with van der Waals surface area (Å²) >= 11 is 0. The van der Waals surface area contributed by atoms with Crippen molar-refractivity contribution in [1.82, 2.24) is 34.8 Å². The van der Waals surface area contributed by atoms with Crippen LogP contribution >= 0.6 is 0 Å². The Morgan fingerprint density at radius 3 is 2.67 bits per heavy atom. The van der Waals surface area contributed by atoms with Crippen LogP contribution in [0.4, 0.5) is 21.7 Å². The largest absolute Gasteiger partial charge is 0.493 e. The van der Waals surface area contributed by atoms with Crippen LogP contribution in [0, 0.1) is 5.82 Å². The number of hydrogen-bond acceptors (Lipinski definition) is 10. The Bertz CT molecular complexity index is 1430. The molecule has 2 aromatic carbocycles. The third-order valence-electron chi connectivity index (χ3n) is 6.58. The molecule has 0 bridgehead atoms. The third kappa shape index (κ3) is 7.46. The zero-order valence-corrected chi connectivity index (χ0v) is 22.0. The van der Waals surface area contributed by atoms with Gasteiger partial charge in [-0.25, -0.2) is 19.0 Å². The first-order valence-corrected chi connectivity index (χ1v) is 13.2. The van der Waals surface area contributed by atoms with E-state index in [-0.39, 0.29) is 19.1 Å². The molecule has 0 unspecified atom stereocenters. The highest BCUT2D eigenvalue weighted by molar-refractivity contribution is 5.91. The highest BCUT2D eigenvalue weighted by atomic mass is 19.1. The molecular weight excluding hydrogens is 517 g/mol. The van der Waals surface area contributed by atoms with Crippen molar-refractivity contribution < 1.29 is 19.0 Å². The van der Waals surface area contributed by atoms with E-state index < -0.39 is 5.82 Å². The van der Waals surface area contributed by atoms with Gasteiger partial charge >= 0.3 is 0 Å². The lowest BCUT2D eigenvalue weighted by Crippen LogP contribution is -2.47. The fraction of sp³-hybridized carbons (Fsp3) is 0.370. The van der Waals surface area contributed by atoms with Gasteiger partial charge in [-0.15, -0.1) is 5.10 Å². The maximum absolute atomic E-state index is 13.3. The average Bonchev–Trinajstić information content (AvgIpc) is 3.38. The average molecular weight is 550 g/mol. The number of benzene rings is 2. The molecule has 0 atom stereocenters. The number of aliphatic hydroxyl groups excluding tert-OH is 1. The van der Waals surface area contributed by atoms with Crippen LogP contribution in [0.5, 0.6) is 5.75 Å². The Labute approximate surface area is 230 Å². The van der Waals surface area contributed by atoms with Gasteiger partial charge in [0.05, 0.1) is 24.9 Å². The van der Waals surface area contributed by atoms with Crippen molar-refractivity contribution in [3.63, 3.8) is 0 Å². The van der Waals surface area contributed by atoms with Gasteiger partial charge in [0.25, 0.3) is 0 Å². The van der Waals surface area contributed by atoms with Crippen LogP contribution in [0.3, 0.4) is 0 Å². The molecule has 5 rings (SSSR count). The third-order valence-corrected chi connectivity index (χ3v) is 6.58. The van der Waals surface area contributed by atoms with Crippen molar-refractivity contribution in [2.75, 3.05) is 63.1 Å². The highest BCUT2D eigenvalue weighted by Crippen LogP contribution is 2.25. The molecule has 1 amide bonds. The number of β-amino-alcohol motifs (C(OH)–C–C–N with tert-alkyl or cyclic N) is 1. The zero-order valence-electron chi connectivity index (χ0n) is 22.0. The number of halogens is 1. The molecule has 0 aliphatic carbocycles. The molecular formula is C27H32FN9O3. The summed E-state index contributed by atoms with van der Waals surface area (Å²) in [4.78, 5) is 25.7. The quantitative estimate of drug-likeness (QED) is 0.226. The van der Waals surface area contributed by atoms with Crippen molar-refractivity contribution in [1.29, 1.82) is 0 Å². The second-order valence-electron chi connectivity index (χ2n) is 9.50. The topological polar surface area (TPSA) is 134 Å². The number of ether oxygens (including phenoxy) is 1. The van der Waals surface area contributed by atoms with Crippen LogP contribution in [0.1, 0.15) is 6.42 Å². The standard InChI is InChI=1S/C27H32FN9O3/c28-20-3-1-4-21(15-20)31-26(39)18-37-17-25(33-34-37)32-27-23-6-5-22(16-24(23)29-19-30-27)40-14-2-7-35-8-10-36(11-9-35)12-13-38/h1,3-6,15-17,19,38H,2,7-14,18H2,(H,31,39)(H,29,30,32). The van der Waals surface area contributed by atoms with E-state index in [2.05, 4.69) is 40.7 Å². The first-order chi connectivity index (χ1) is 19.6. The Kier molecular flexibility index (Phi) is 9.06. The van der Waals surface area contributed by atoms with Crippen LogP contribution in [0.2, 0.25) is 0 Å². The summed E-state index contributed by atoms with van der Waals surface area (Å²) in [5, 5.41) is 23.7. The number of nitrogens with one attached hydrogen (secondary N) is 2. The van der Waals surface area contributed by atoms with Crippen molar-refractivity contribution in [2.24, 2.45) is 0 Å². The molecule has 2 aromatic heterocycles. The lowest BCUT2D eigenvalue weighted by atomic mass is 10.2. The minimum absolute atomic E-state index is 0.0870. The molecule has 0 spiro atoms. The molecule has 0 radical (unpaired) electrons. The number of fused-ring (bicyclic) bond motifs is 1. The van der Waals surface area contributed by atoms with Crippen LogP contribution in [-0.2, 0) is 11.3 Å². The van der Waals surface area contributed by atoms with Crippen molar-refractivity contribution in [3.8, 4) is 5.75 Å². The summed E-state index contributed by atoms with van der Waals surface area (Å²) in [5.74, 6) is 0.911. The van der Waals surface area contributed by atoms with Crippen molar-refractivity contribution >= 4 is 34.1 Å². The van der Waals surface area contributed by atoms with E-state index in [1.165, 1.54) is 29.2 Å². The van der Waals surface area contributed by atoms with Gasteiger partial charge in [0.15, 0.2) is 5.82 Å². The first kappa shape index (κ1) is 27.4. The van der Waals surface area contributed by atoms with E-state index in [4.69, 9.17) is 9.84 Å². The fourth-order valence-corrected chi connectivity index (χ4v) is 4.55. The molecule has 0 saturated carbocycles. The predicted octanol–water partition coefficient (Wildman–Crippen LogP) is 2.12. The Morgan fingerprint density at radius 1 is 1.05 bits per heavy atom. The van der Waals surface area contributed by atoms with E-state index in [9.17, 15) is 9.18 Å². The number of piperazine rings is 1. The van der Waals surface area contributed by atoms with Crippen molar-refractivity contribution in [3.05, 3.63) is 60.8 Å². The monoisotopic (exact) mass is 549 g/mol.